The number of hydrogen-bond donors (Lipinski definition) is 0. The Morgan fingerprint density at radius 1 is 1.67 bits per heavy atom. The van der Waals surface area contributed by atoms with Crippen molar-refractivity contribution in [2.24, 2.45) is 0 Å². The predicted octanol–water partition coefficient (Wildman–Crippen LogP) is 2.45. The predicted molar refractivity (Wildman–Crippen MR) is 41.9 cm³/mol. The van der Waals surface area contributed by atoms with Gasteiger partial charge in [0.1, 0.15) is 0 Å². The molecule has 0 aliphatic carbocycles. The molecular weight excluding hydrogens is 130 g/mol. The summed E-state index contributed by atoms with van der Waals surface area (Å²) in [5, 5.41) is 6.18. The second-order valence-electron chi connectivity index (χ2n) is 1.89. The van der Waals surface area contributed by atoms with Gasteiger partial charge in [0, 0.05) is 16.8 Å². The molecule has 2 heteroatoms. The summed E-state index contributed by atoms with van der Waals surface area (Å²) in [5.74, 6) is 0. The van der Waals surface area contributed by atoms with E-state index in [1.165, 1.54) is 10.6 Å². The largest absolute Gasteiger partial charge is 0.260 e. The molecule has 1 aliphatic rings. The Kier molecular flexibility index (Phi) is 2.22. The minimum atomic E-state index is 1.10. The van der Waals surface area contributed by atoms with Gasteiger partial charge in [-0.25, -0.2) is 0 Å². The van der Waals surface area contributed by atoms with Gasteiger partial charge in [0.15, 0.2) is 0 Å². The molecule has 1 aliphatic heterocycles. The lowest BCUT2D eigenvalue weighted by molar-refractivity contribution is 0.991. The number of hydrogen-bond acceptors (Lipinski definition) is 1. The van der Waals surface area contributed by atoms with E-state index in [1.54, 1.807) is 11.8 Å². The maximum Gasteiger partial charge on any atom is 0.0470 e. The second kappa shape index (κ2) is 2.97. The van der Waals surface area contributed by atoms with E-state index in [0.29, 0.717) is 0 Å². The Labute approximate surface area is 60.2 Å². The van der Waals surface area contributed by atoms with Gasteiger partial charge >= 0.3 is 0 Å². The van der Waals surface area contributed by atoms with E-state index in [2.05, 4.69) is 19.2 Å². The third kappa shape index (κ3) is 1.52. The van der Waals surface area contributed by atoms with E-state index in [1.807, 2.05) is 11.6 Å². The van der Waals surface area contributed by atoms with Gasteiger partial charge in [-0.2, -0.15) is 0 Å². The molecule has 0 saturated carbocycles. The minimum absolute atomic E-state index is 1.10. The minimum Gasteiger partial charge on any atom is -0.260 e. The first kappa shape index (κ1) is 6.75. The van der Waals surface area contributed by atoms with Crippen LogP contribution in [0.5, 0.6) is 0 Å². The van der Waals surface area contributed by atoms with Crippen molar-refractivity contribution in [2.45, 2.75) is 20.3 Å². The number of rotatable bonds is 1. The lowest BCUT2D eigenvalue weighted by Gasteiger charge is -2.08. The zero-order chi connectivity index (χ0) is 6.69. The molecule has 0 unspecified atom stereocenters. The van der Waals surface area contributed by atoms with E-state index >= 15 is 0 Å². The summed E-state index contributed by atoms with van der Waals surface area (Å²) < 4.78 is 0. The average Bonchev–Trinajstić information content (AvgIpc) is 1.89. The zero-order valence-electron chi connectivity index (χ0n) is 5.72. The molecule has 0 amide bonds. The summed E-state index contributed by atoms with van der Waals surface area (Å²) in [7, 11) is 0. The third-order valence-corrected chi connectivity index (χ3v) is 2.39. The van der Waals surface area contributed by atoms with Crippen LogP contribution in [0, 0.1) is 0 Å². The van der Waals surface area contributed by atoms with Crippen LogP contribution >= 0.6 is 11.8 Å². The standard InChI is InChI=1S/C7H10NS/c1-3-7-6(2)8-4-5-9-7/h4-5H,3H2,1-2H3. The Balaban J connectivity index is 2.64. The van der Waals surface area contributed by atoms with Crippen LogP contribution in [0.4, 0.5) is 0 Å². The second-order valence-corrected chi connectivity index (χ2v) is 2.89. The summed E-state index contributed by atoms with van der Waals surface area (Å²) in [6.45, 7) is 4.20. The van der Waals surface area contributed by atoms with Crippen molar-refractivity contribution < 1.29 is 0 Å². The van der Waals surface area contributed by atoms with Gasteiger partial charge in [0.2, 0.25) is 0 Å². The fourth-order valence-corrected chi connectivity index (χ4v) is 1.43. The van der Waals surface area contributed by atoms with Crippen molar-refractivity contribution in [1.82, 2.24) is 5.32 Å². The van der Waals surface area contributed by atoms with Gasteiger partial charge in [-0.15, -0.1) is 0 Å². The molecule has 1 heterocycles. The van der Waals surface area contributed by atoms with Crippen molar-refractivity contribution in [1.29, 1.82) is 0 Å². The quantitative estimate of drug-likeness (QED) is 0.545. The maximum atomic E-state index is 4.16. The summed E-state index contributed by atoms with van der Waals surface area (Å²) in [6, 6.07) is 0. The topological polar surface area (TPSA) is 14.1 Å². The maximum absolute atomic E-state index is 4.16. The van der Waals surface area contributed by atoms with Crippen LogP contribution in [0.25, 0.3) is 0 Å². The van der Waals surface area contributed by atoms with Gasteiger partial charge in [-0.3, -0.25) is 5.32 Å². The average molecular weight is 140 g/mol. The molecule has 0 aromatic heterocycles. The first-order chi connectivity index (χ1) is 4.34. The van der Waals surface area contributed by atoms with Crippen LogP contribution < -0.4 is 5.32 Å². The molecule has 0 aromatic rings. The highest BCUT2D eigenvalue weighted by Gasteiger charge is 2.02. The van der Waals surface area contributed by atoms with Crippen LogP contribution in [-0.4, -0.2) is 0 Å². The van der Waals surface area contributed by atoms with Crippen molar-refractivity contribution >= 4 is 11.8 Å². The molecule has 0 aromatic carbocycles. The van der Waals surface area contributed by atoms with E-state index < -0.39 is 0 Å². The highest BCUT2D eigenvalue weighted by atomic mass is 32.2. The SMILES string of the molecule is CCC1=C(C)[N]C=CS1. The van der Waals surface area contributed by atoms with Crippen molar-refractivity contribution in [3.05, 3.63) is 22.2 Å². The number of thioether (sulfide) groups is 1. The van der Waals surface area contributed by atoms with Crippen LogP contribution in [0.3, 0.4) is 0 Å². The summed E-state index contributed by atoms with van der Waals surface area (Å²) >= 11 is 1.78. The lowest BCUT2D eigenvalue weighted by atomic mass is 10.3. The zero-order valence-corrected chi connectivity index (χ0v) is 6.53. The molecule has 9 heavy (non-hydrogen) atoms. The molecule has 0 spiro atoms. The van der Waals surface area contributed by atoms with E-state index in [4.69, 9.17) is 0 Å². The first-order valence-corrected chi connectivity index (χ1v) is 3.95. The molecular formula is C7H10NS. The van der Waals surface area contributed by atoms with Gasteiger partial charge in [0.05, 0.1) is 0 Å². The Hall–Kier alpha value is -0.370. The molecule has 1 nitrogen and oxygen atoms in total. The molecule has 0 bridgehead atoms. The Bertz CT molecular complexity index is 158. The summed E-state index contributed by atoms with van der Waals surface area (Å²) in [4.78, 5) is 1.39. The number of nitrogens with zero attached hydrogens (tertiary/aromatic N) is 1. The van der Waals surface area contributed by atoms with Crippen LogP contribution in [-0.2, 0) is 0 Å². The van der Waals surface area contributed by atoms with Crippen molar-refractivity contribution in [3.8, 4) is 0 Å². The molecule has 1 radical (unpaired) electrons. The summed E-state index contributed by atoms with van der Waals surface area (Å²) in [6.07, 6.45) is 2.95. The molecule has 1 rings (SSSR count). The van der Waals surface area contributed by atoms with Crippen LogP contribution in [0.15, 0.2) is 22.2 Å². The van der Waals surface area contributed by atoms with Gasteiger partial charge in [-0.05, 0) is 18.8 Å². The number of allylic oxidation sites excluding steroid dienone is 2. The van der Waals surface area contributed by atoms with Crippen molar-refractivity contribution in [2.75, 3.05) is 0 Å². The van der Waals surface area contributed by atoms with Gasteiger partial charge < -0.3 is 0 Å². The molecule has 0 atom stereocenters. The highest BCUT2D eigenvalue weighted by molar-refractivity contribution is 8.05. The van der Waals surface area contributed by atoms with E-state index in [-0.39, 0.29) is 0 Å². The molecule has 0 N–H and O–H groups in total. The smallest absolute Gasteiger partial charge is 0.0470 e. The molecule has 0 saturated heterocycles. The summed E-state index contributed by atoms with van der Waals surface area (Å²) in [5.41, 5.74) is 1.17. The van der Waals surface area contributed by atoms with Crippen LogP contribution in [0.1, 0.15) is 20.3 Å². The first-order valence-electron chi connectivity index (χ1n) is 3.07. The Morgan fingerprint density at radius 3 is 2.89 bits per heavy atom. The van der Waals surface area contributed by atoms with Gasteiger partial charge in [-0.1, -0.05) is 18.7 Å². The fourth-order valence-electron chi connectivity index (χ4n) is 0.751. The lowest BCUT2D eigenvalue weighted by Crippen LogP contribution is -1.97. The normalized spacial score (nSPS) is 18.0. The highest BCUT2D eigenvalue weighted by Crippen LogP contribution is 2.26. The molecule has 49 valence electrons. The third-order valence-electron chi connectivity index (χ3n) is 1.26. The van der Waals surface area contributed by atoms with Gasteiger partial charge in [0.25, 0.3) is 0 Å². The monoisotopic (exact) mass is 140 g/mol. The fraction of sp³-hybridized carbons (Fsp3) is 0.429. The molecule has 0 fully saturated rings. The van der Waals surface area contributed by atoms with Crippen LogP contribution in [0.2, 0.25) is 0 Å². The van der Waals surface area contributed by atoms with E-state index in [9.17, 15) is 0 Å². The van der Waals surface area contributed by atoms with Crippen molar-refractivity contribution in [3.63, 3.8) is 0 Å². The Morgan fingerprint density at radius 2 is 2.44 bits per heavy atom. The van der Waals surface area contributed by atoms with E-state index in [0.717, 1.165) is 6.42 Å².